The summed E-state index contributed by atoms with van der Waals surface area (Å²) in [5.41, 5.74) is 1.53. The number of piperidine rings is 1. The van der Waals surface area contributed by atoms with Gasteiger partial charge in [0.2, 0.25) is 17.4 Å². The molecule has 28 heavy (non-hydrogen) atoms. The van der Waals surface area contributed by atoms with Crippen molar-refractivity contribution in [2.45, 2.75) is 19.8 Å². The van der Waals surface area contributed by atoms with Crippen LogP contribution in [-0.2, 0) is 4.79 Å². The van der Waals surface area contributed by atoms with Gasteiger partial charge in [-0.3, -0.25) is 4.79 Å². The Kier molecular flexibility index (Phi) is 4.64. The second kappa shape index (κ2) is 7.26. The molecule has 1 saturated heterocycles. The lowest BCUT2D eigenvalue weighted by atomic mass is 9.97. The average Bonchev–Trinajstić information content (AvgIpc) is 3.10. The maximum absolute atomic E-state index is 12.7. The van der Waals surface area contributed by atoms with Crippen LogP contribution in [0.1, 0.15) is 18.4 Å². The van der Waals surface area contributed by atoms with Gasteiger partial charge in [-0.15, -0.1) is 0 Å². The first-order valence-electron chi connectivity index (χ1n) is 9.13. The fourth-order valence-corrected chi connectivity index (χ4v) is 3.51. The van der Waals surface area contributed by atoms with Gasteiger partial charge in [0.15, 0.2) is 0 Å². The summed E-state index contributed by atoms with van der Waals surface area (Å²) in [6.07, 6.45) is 4.80. The lowest BCUT2D eigenvalue weighted by Gasteiger charge is -2.31. The number of carbonyl (C=O) groups excluding carboxylic acids is 1. The third-order valence-electron chi connectivity index (χ3n) is 4.91. The van der Waals surface area contributed by atoms with Crippen molar-refractivity contribution < 1.29 is 9.72 Å². The van der Waals surface area contributed by atoms with E-state index in [0.29, 0.717) is 30.4 Å². The maximum atomic E-state index is 12.7. The van der Waals surface area contributed by atoms with E-state index >= 15 is 0 Å². The van der Waals surface area contributed by atoms with Gasteiger partial charge in [-0.2, -0.15) is 9.38 Å². The van der Waals surface area contributed by atoms with Gasteiger partial charge in [-0.25, -0.2) is 4.98 Å². The third kappa shape index (κ3) is 3.38. The van der Waals surface area contributed by atoms with Crippen LogP contribution in [0, 0.1) is 23.0 Å². The first kappa shape index (κ1) is 17.9. The Morgan fingerprint density at radius 3 is 2.93 bits per heavy atom. The molecule has 1 fully saturated rings. The number of aryl methyl sites for hydroxylation is 1. The molecule has 0 bridgehead atoms. The minimum atomic E-state index is -0.421. The fraction of sp³-hybridized carbons (Fsp3) is 0.316. The Morgan fingerprint density at radius 2 is 2.18 bits per heavy atom. The predicted molar refractivity (Wildman–Crippen MR) is 104 cm³/mol. The minimum absolute atomic E-state index is 0.0724. The molecule has 1 aliphatic rings. The fourth-order valence-electron chi connectivity index (χ4n) is 3.51. The molecule has 0 aliphatic carbocycles. The van der Waals surface area contributed by atoms with Crippen LogP contribution < -0.4 is 10.2 Å². The molecule has 0 unspecified atom stereocenters. The van der Waals surface area contributed by atoms with E-state index in [1.165, 1.54) is 4.40 Å². The van der Waals surface area contributed by atoms with Crippen LogP contribution in [0.25, 0.3) is 5.65 Å². The number of anilines is 2. The van der Waals surface area contributed by atoms with Crippen molar-refractivity contribution in [1.29, 1.82) is 0 Å². The van der Waals surface area contributed by atoms with E-state index in [4.69, 9.17) is 0 Å². The second-order valence-corrected chi connectivity index (χ2v) is 6.94. The highest BCUT2D eigenvalue weighted by Gasteiger charge is 2.32. The van der Waals surface area contributed by atoms with E-state index in [0.717, 1.165) is 18.4 Å². The molecular weight excluding hydrogens is 360 g/mol. The summed E-state index contributed by atoms with van der Waals surface area (Å²) in [5, 5.41) is 14.5. The van der Waals surface area contributed by atoms with Gasteiger partial charge in [0.1, 0.15) is 5.82 Å². The third-order valence-corrected chi connectivity index (χ3v) is 4.91. The number of hydrogen-bond acceptors (Lipinski definition) is 6. The van der Waals surface area contributed by atoms with Crippen LogP contribution in [0.2, 0.25) is 0 Å². The van der Waals surface area contributed by atoms with Gasteiger partial charge >= 0.3 is 5.82 Å². The number of carbonyl (C=O) groups is 1. The number of nitro groups is 1. The summed E-state index contributed by atoms with van der Waals surface area (Å²) in [4.78, 5) is 34.4. The normalized spacial score (nSPS) is 16.9. The highest BCUT2D eigenvalue weighted by atomic mass is 16.6. The summed E-state index contributed by atoms with van der Waals surface area (Å²) in [6, 6.07) is 8.90. The molecular formula is C19H20N6O3. The van der Waals surface area contributed by atoms with Gasteiger partial charge in [0.05, 0.1) is 12.1 Å². The molecule has 3 aromatic heterocycles. The molecule has 0 radical (unpaired) electrons. The van der Waals surface area contributed by atoms with Gasteiger partial charge in [-0.1, -0.05) is 12.1 Å². The van der Waals surface area contributed by atoms with Gasteiger partial charge in [0, 0.05) is 25.4 Å². The molecule has 1 N–H and O–H groups in total. The molecule has 4 heterocycles. The number of hydrogen-bond donors (Lipinski definition) is 1. The molecule has 1 amide bonds. The molecule has 0 saturated carbocycles. The molecule has 4 rings (SSSR count). The highest BCUT2D eigenvalue weighted by molar-refractivity contribution is 5.92. The van der Waals surface area contributed by atoms with Gasteiger partial charge in [-0.05, 0) is 42.4 Å². The van der Waals surface area contributed by atoms with Crippen molar-refractivity contribution in [3.63, 3.8) is 0 Å². The van der Waals surface area contributed by atoms with Crippen LogP contribution >= 0.6 is 0 Å². The molecule has 0 spiro atoms. The van der Waals surface area contributed by atoms with Crippen molar-refractivity contribution in [1.82, 2.24) is 14.4 Å². The highest BCUT2D eigenvalue weighted by Crippen LogP contribution is 2.32. The first-order chi connectivity index (χ1) is 13.5. The van der Waals surface area contributed by atoms with Crippen LogP contribution in [0.5, 0.6) is 0 Å². The molecule has 0 aromatic carbocycles. The number of pyridine rings is 2. The zero-order chi connectivity index (χ0) is 19.7. The van der Waals surface area contributed by atoms with E-state index in [-0.39, 0.29) is 17.6 Å². The van der Waals surface area contributed by atoms with Crippen LogP contribution in [0.15, 0.2) is 42.7 Å². The summed E-state index contributed by atoms with van der Waals surface area (Å²) < 4.78 is 1.47. The number of fused-ring (bicyclic) bond motifs is 1. The minimum Gasteiger partial charge on any atom is -0.358 e. The molecule has 1 aliphatic heterocycles. The van der Waals surface area contributed by atoms with E-state index < -0.39 is 4.92 Å². The number of imidazole rings is 1. The van der Waals surface area contributed by atoms with E-state index in [9.17, 15) is 14.9 Å². The molecule has 9 heteroatoms. The Morgan fingerprint density at radius 1 is 1.32 bits per heavy atom. The van der Waals surface area contributed by atoms with Crippen molar-refractivity contribution in [2.75, 3.05) is 23.3 Å². The number of rotatable bonds is 4. The summed E-state index contributed by atoms with van der Waals surface area (Å²) in [6.45, 7) is 2.93. The van der Waals surface area contributed by atoms with E-state index in [1.807, 2.05) is 17.9 Å². The van der Waals surface area contributed by atoms with Crippen molar-refractivity contribution in [3.8, 4) is 0 Å². The van der Waals surface area contributed by atoms with Gasteiger partial charge in [0.25, 0.3) is 0 Å². The van der Waals surface area contributed by atoms with E-state index in [2.05, 4.69) is 15.3 Å². The number of aromatic nitrogens is 3. The predicted octanol–water partition coefficient (Wildman–Crippen LogP) is 2.80. The summed E-state index contributed by atoms with van der Waals surface area (Å²) >= 11 is 0. The topological polar surface area (TPSA) is 106 Å². The molecule has 1 atom stereocenters. The van der Waals surface area contributed by atoms with Crippen LogP contribution in [-0.4, -0.2) is 38.3 Å². The Balaban J connectivity index is 1.56. The zero-order valence-electron chi connectivity index (χ0n) is 15.4. The van der Waals surface area contributed by atoms with Crippen LogP contribution in [0.3, 0.4) is 0 Å². The van der Waals surface area contributed by atoms with Crippen molar-refractivity contribution in [3.05, 3.63) is 58.4 Å². The number of nitrogens with zero attached hydrogens (tertiary/aromatic N) is 5. The average molecular weight is 380 g/mol. The Labute approximate surface area is 161 Å². The largest absolute Gasteiger partial charge is 0.372 e. The lowest BCUT2D eigenvalue weighted by Crippen LogP contribution is -2.41. The van der Waals surface area contributed by atoms with E-state index in [1.54, 1.807) is 36.7 Å². The SMILES string of the molecule is Cc1ccc(NC(=O)[C@H]2CCCN(c3nc4ccccn4c3[N+](=O)[O-])C2)nc1. The Hall–Kier alpha value is -3.49. The molecule has 9 nitrogen and oxygen atoms in total. The monoisotopic (exact) mass is 380 g/mol. The van der Waals surface area contributed by atoms with Gasteiger partial charge < -0.3 is 20.3 Å². The quantitative estimate of drug-likeness (QED) is 0.551. The first-order valence-corrected chi connectivity index (χ1v) is 9.13. The second-order valence-electron chi connectivity index (χ2n) is 6.94. The molecule has 3 aromatic rings. The number of nitrogens with one attached hydrogen (secondary N) is 1. The zero-order valence-corrected chi connectivity index (χ0v) is 15.4. The van der Waals surface area contributed by atoms with Crippen molar-refractivity contribution in [2.24, 2.45) is 5.92 Å². The smallest absolute Gasteiger partial charge is 0.358 e. The van der Waals surface area contributed by atoms with Crippen molar-refractivity contribution >= 4 is 29.0 Å². The summed E-state index contributed by atoms with van der Waals surface area (Å²) in [7, 11) is 0. The van der Waals surface area contributed by atoms with Crippen LogP contribution in [0.4, 0.5) is 17.5 Å². The standard InChI is InChI=1S/C19H20N6O3/c1-13-7-8-15(20-11-13)21-18(26)14-5-4-9-23(12-14)17-19(25(27)28)24-10-3-2-6-16(24)22-17/h2-3,6-8,10-11,14H,4-5,9,12H2,1H3,(H,20,21,26)/t14-/m0/s1. The Bertz CT molecular complexity index is 1030. The number of amides is 1. The molecule has 144 valence electrons. The summed E-state index contributed by atoms with van der Waals surface area (Å²) in [5.74, 6) is 0.319. The lowest BCUT2D eigenvalue weighted by molar-refractivity contribution is -0.389. The maximum Gasteiger partial charge on any atom is 0.372 e.